The van der Waals surface area contributed by atoms with E-state index in [0.29, 0.717) is 6.42 Å². The first-order valence-electron chi connectivity index (χ1n) is 8.39. The van der Waals surface area contributed by atoms with Crippen molar-refractivity contribution in [2.45, 2.75) is 64.7 Å². The molecule has 0 heterocycles. The van der Waals surface area contributed by atoms with Crippen molar-refractivity contribution in [2.24, 2.45) is 11.8 Å². The molecule has 138 valence electrons. The first kappa shape index (κ1) is 31.4. The summed E-state index contributed by atoms with van der Waals surface area (Å²) < 4.78 is 31.2. The fourth-order valence-corrected chi connectivity index (χ4v) is 4.66. The monoisotopic (exact) mass is 411 g/mol. The fourth-order valence-electron chi connectivity index (χ4n) is 3.02. The van der Waals surface area contributed by atoms with Crippen molar-refractivity contribution >= 4 is 28.4 Å². The Balaban J connectivity index is -0.000000900. The molecule has 1 aliphatic carbocycles. The summed E-state index contributed by atoms with van der Waals surface area (Å²) in [6.07, 6.45) is 11.4. The van der Waals surface area contributed by atoms with Gasteiger partial charge in [-0.25, -0.2) is 8.42 Å². The average Bonchev–Trinajstić information content (AvgIpc) is 2.86. The van der Waals surface area contributed by atoms with Crippen LogP contribution in [0.3, 0.4) is 0 Å². The fraction of sp³-hybridized carbons (Fsp3) is 0.938. The van der Waals surface area contributed by atoms with Gasteiger partial charge in [0.2, 0.25) is 0 Å². The standard InChI is InChI=1S/C15H30O3S2.CO2.2Na/c1-14-8-9-15(13-14)7-4-2-3-5-10-19-11-6-12-20(16,17)18;2-1-3;;/h14-15H,2-13H2,1H3,(H,16,17,18);;;/q;-2;2*+1/p-1. The van der Waals surface area contributed by atoms with Gasteiger partial charge in [0.1, 0.15) is 0 Å². The van der Waals surface area contributed by atoms with Gasteiger partial charge in [0.15, 0.2) is 0 Å². The molecule has 0 aromatic carbocycles. The predicted octanol–water partition coefficient (Wildman–Crippen LogP) is -3.67. The summed E-state index contributed by atoms with van der Waals surface area (Å²) >= 11 is 1.77. The van der Waals surface area contributed by atoms with Crippen LogP contribution < -0.4 is 64.2 Å². The summed E-state index contributed by atoms with van der Waals surface area (Å²) in [5.41, 5.74) is 0. The zero-order valence-corrected chi connectivity index (χ0v) is 21.6. The van der Waals surface area contributed by atoms with Gasteiger partial charge in [-0.2, -0.15) is 11.8 Å². The Labute approximate surface area is 202 Å². The van der Waals surface area contributed by atoms with Crippen LogP contribution in [0.25, 0.3) is 0 Å². The molecule has 0 aromatic heterocycles. The number of unbranched alkanes of at least 4 members (excludes halogenated alkanes) is 3. The minimum absolute atomic E-state index is 0. The van der Waals surface area contributed by atoms with Crippen molar-refractivity contribution in [3.05, 3.63) is 0 Å². The Morgan fingerprint density at radius 1 is 1.04 bits per heavy atom. The quantitative estimate of drug-likeness (QED) is 0.150. The molecule has 0 saturated heterocycles. The van der Waals surface area contributed by atoms with Gasteiger partial charge in [-0.05, 0) is 42.6 Å². The molecular weight excluding hydrogens is 382 g/mol. The van der Waals surface area contributed by atoms with Crippen LogP contribution in [0.4, 0.5) is 0 Å². The zero-order valence-electron chi connectivity index (χ0n) is 16.0. The maximum atomic E-state index is 10.4. The van der Waals surface area contributed by atoms with Gasteiger partial charge < -0.3 is 20.9 Å². The molecule has 0 amide bonds. The molecule has 0 spiro atoms. The maximum Gasteiger partial charge on any atom is 1.00 e. The van der Waals surface area contributed by atoms with Crippen LogP contribution in [0, 0.1) is 11.8 Å². The second kappa shape index (κ2) is 20.5. The SMILES string of the molecule is CC1CCC(CCCCCCSCCCS(=O)(=O)[O-])C1.O=[C-][O-].[Na+].[Na+]. The van der Waals surface area contributed by atoms with Crippen LogP contribution in [-0.2, 0) is 14.9 Å². The van der Waals surface area contributed by atoms with E-state index in [-0.39, 0.29) is 71.3 Å². The maximum absolute atomic E-state index is 10.4. The Hall–Kier alpha value is 1.73. The van der Waals surface area contributed by atoms with Crippen molar-refractivity contribution in [1.82, 2.24) is 0 Å². The third kappa shape index (κ3) is 23.7. The molecule has 9 heteroatoms. The molecule has 0 radical (unpaired) electrons. The molecule has 2 atom stereocenters. The Morgan fingerprint density at radius 2 is 1.60 bits per heavy atom. The van der Waals surface area contributed by atoms with E-state index in [9.17, 15) is 13.0 Å². The van der Waals surface area contributed by atoms with Gasteiger partial charge in [-0.3, -0.25) is 0 Å². The van der Waals surface area contributed by atoms with Crippen LogP contribution in [0.2, 0.25) is 0 Å². The molecule has 1 saturated carbocycles. The third-order valence-corrected chi connectivity index (χ3v) is 6.08. The Bertz CT molecular complexity index is 394. The van der Waals surface area contributed by atoms with Gasteiger partial charge in [0.25, 0.3) is 0 Å². The largest absolute Gasteiger partial charge is 1.00 e. The normalized spacial score (nSPS) is 19.1. The molecular formula is C16H29Na2O5S2-. The number of carbonyl (C=O) groups excluding carboxylic acids is 1. The molecule has 1 rings (SSSR count). The number of rotatable bonds is 11. The number of hydrogen-bond donors (Lipinski definition) is 0. The minimum atomic E-state index is -4.00. The predicted molar refractivity (Wildman–Crippen MR) is 91.8 cm³/mol. The summed E-state index contributed by atoms with van der Waals surface area (Å²) in [6, 6.07) is 0. The summed E-state index contributed by atoms with van der Waals surface area (Å²) in [5.74, 6) is 3.63. The second-order valence-electron chi connectivity index (χ2n) is 6.30. The average molecular weight is 412 g/mol. The van der Waals surface area contributed by atoms with Crippen molar-refractivity contribution in [3.8, 4) is 0 Å². The van der Waals surface area contributed by atoms with E-state index in [0.717, 1.165) is 23.3 Å². The molecule has 0 N–H and O–H groups in total. The summed E-state index contributed by atoms with van der Waals surface area (Å²) in [7, 11) is -4.00. The molecule has 25 heavy (non-hydrogen) atoms. The molecule has 1 aliphatic rings. The van der Waals surface area contributed by atoms with Crippen LogP contribution in [0.15, 0.2) is 0 Å². The van der Waals surface area contributed by atoms with Gasteiger partial charge in [-0.15, -0.1) is 0 Å². The van der Waals surface area contributed by atoms with Crippen LogP contribution >= 0.6 is 11.8 Å². The van der Waals surface area contributed by atoms with Gasteiger partial charge in [0.05, 0.1) is 10.1 Å². The number of hydrogen-bond acceptors (Lipinski definition) is 6. The van der Waals surface area contributed by atoms with Gasteiger partial charge in [-0.1, -0.05) is 45.4 Å². The van der Waals surface area contributed by atoms with Gasteiger partial charge in [0, 0.05) is 5.75 Å². The first-order valence-corrected chi connectivity index (χ1v) is 11.1. The van der Waals surface area contributed by atoms with Crippen LogP contribution in [-0.4, -0.2) is 36.7 Å². The van der Waals surface area contributed by atoms with E-state index >= 15 is 0 Å². The minimum Gasteiger partial charge on any atom is -0.794 e. The summed E-state index contributed by atoms with van der Waals surface area (Å²) in [6.45, 7) is 2.62. The topological polar surface area (TPSA) is 97.3 Å². The number of thioether (sulfide) groups is 1. The Morgan fingerprint density at radius 3 is 2.12 bits per heavy atom. The molecule has 0 aliphatic heterocycles. The zero-order chi connectivity index (χ0) is 17.6. The van der Waals surface area contributed by atoms with Gasteiger partial charge >= 0.3 is 59.1 Å². The third-order valence-electron chi connectivity index (χ3n) is 4.14. The van der Waals surface area contributed by atoms with E-state index in [1.54, 1.807) is 11.8 Å². The first-order chi connectivity index (χ1) is 10.9. The smallest absolute Gasteiger partial charge is 0.794 e. The summed E-state index contributed by atoms with van der Waals surface area (Å²) in [5, 5.41) is 8.12. The second-order valence-corrected chi connectivity index (χ2v) is 9.05. The van der Waals surface area contributed by atoms with Crippen molar-refractivity contribution in [1.29, 1.82) is 0 Å². The summed E-state index contributed by atoms with van der Waals surface area (Å²) in [4.78, 5) is 8.12. The van der Waals surface area contributed by atoms with E-state index in [4.69, 9.17) is 9.90 Å². The van der Waals surface area contributed by atoms with E-state index < -0.39 is 10.1 Å². The van der Waals surface area contributed by atoms with Crippen LogP contribution in [0.1, 0.15) is 64.7 Å². The molecule has 0 aromatic rings. The van der Waals surface area contributed by atoms with Crippen LogP contribution in [0.5, 0.6) is 0 Å². The molecule has 1 fully saturated rings. The van der Waals surface area contributed by atoms with Crippen molar-refractivity contribution in [2.75, 3.05) is 17.3 Å². The van der Waals surface area contributed by atoms with E-state index in [2.05, 4.69) is 6.92 Å². The van der Waals surface area contributed by atoms with E-state index in [1.807, 2.05) is 0 Å². The van der Waals surface area contributed by atoms with Crippen molar-refractivity contribution in [3.63, 3.8) is 0 Å². The molecule has 2 unspecified atom stereocenters. The molecule has 0 bridgehead atoms. The van der Waals surface area contributed by atoms with Crippen molar-refractivity contribution < 1.29 is 82.0 Å². The van der Waals surface area contributed by atoms with E-state index in [1.165, 1.54) is 51.4 Å². The Kier molecular flexibility index (Phi) is 25.7. The molecule has 5 nitrogen and oxygen atoms in total.